The molecule has 2 N–H and O–H groups in total. The molecule has 0 saturated carbocycles. The molecule has 2 unspecified atom stereocenters. The third-order valence-corrected chi connectivity index (χ3v) is 3.01. The first-order chi connectivity index (χ1) is 7.91. The van der Waals surface area contributed by atoms with E-state index in [9.17, 15) is 0 Å². The van der Waals surface area contributed by atoms with Gasteiger partial charge in [0.25, 0.3) is 0 Å². The minimum Gasteiger partial charge on any atom is -0.326 e. The number of hydrogen-bond donors (Lipinski definition) is 1. The smallest absolute Gasteiger partial charge is 0.0493 e. The maximum absolute atomic E-state index is 6.15. The zero-order chi connectivity index (χ0) is 13.0. The first-order valence-electron chi connectivity index (χ1n) is 6.44. The average molecular weight is 234 g/mol. The molecule has 1 rings (SSSR count). The van der Waals surface area contributed by atoms with Crippen LogP contribution >= 0.6 is 0 Å². The highest BCUT2D eigenvalue weighted by molar-refractivity contribution is 5.26. The second kappa shape index (κ2) is 6.18. The molecular weight excluding hydrogens is 208 g/mol. The van der Waals surface area contributed by atoms with E-state index in [-0.39, 0.29) is 6.04 Å². The van der Waals surface area contributed by atoms with Crippen LogP contribution in [0.3, 0.4) is 0 Å². The fourth-order valence-corrected chi connectivity index (χ4v) is 2.50. The van der Waals surface area contributed by atoms with Gasteiger partial charge < -0.3 is 5.73 Å². The minimum atomic E-state index is 0.139. The second-order valence-corrected chi connectivity index (χ2v) is 5.55. The molecular formula is C15H26N2. The first-order valence-corrected chi connectivity index (χ1v) is 6.44. The highest BCUT2D eigenvalue weighted by Crippen LogP contribution is 2.23. The Morgan fingerprint density at radius 3 is 2.35 bits per heavy atom. The number of nitrogens with two attached hydrogens (primary N) is 1. The van der Waals surface area contributed by atoms with Gasteiger partial charge in [0.15, 0.2) is 0 Å². The van der Waals surface area contributed by atoms with Crippen LogP contribution < -0.4 is 5.73 Å². The lowest BCUT2D eigenvalue weighted by Gasteiger charge is -2.32. The summed E-state index contributed by atoms with van der Waals surface area (Å²) in [5.74, 6) is 0.658. The molecule has 0 fully saturated rings. The van der Waals surface area contributed by atoms with E-state index in [1.165, 1.54) is 11.1 Å². The van der Waals surface area contributed by atoms with Crippen LogP contribution in [0.5, 0.6) is 0 Å². The van der Waals surface area contributed by atoms with Gasteiger partial charge in [-0.05, 0) is 32.4 Å². The first kappa shape index (κ1) is 14.2. The van der Waals surface area contributed by atoms with E-state index in [0.717, 1.165) is 6.54 Å². The van der Waals surface area contributed by atoms with Crippen LogP contribution in [-0.4, -0.2) is 24.5 Å². The summed E-state index contributed by atoms with van der Waals surface area (Å²) in [6.45, 7) is 9.77. The maximum atomic E-state index is 6.15. The highest BCUT2D eigenvalue weighted by Gasteiger charge is 2.21. The van der Waals surface area contributed by atoms with Crippen LogP contribution in [0.15, 0.2) is 24.3 Å². The molecule has 0 aliphatic carbocycles. The van der Waals surface area contributed by atoms with Gasteiger partial charge in [-0.3, -0.25) is 4.90 Å². The van der Waals surface area contributed by atoms with Crippen molar-refractivity contribution in [1.29, 1.82) is 0 Å². The fraction of sp³-hybridized carbons (Fsp3) is 0.600. The van der Waals surface area contributed by atoms with Crippen molar-refractivity contribution in [2.45, 2.75) is 39.8 Å². The molecule has 17 heavy (non-hydrogen) atoms. The molecule has 0 radical (unpaired) electrons. The van der Waals surface area contributed by atoms with Gasteiger partial charge in [-0.15, -0.1) is 0 Å². The predicted molar refractivity (Wildman–Crippen MR) is 75.0 cm³/mol. The monoisotopic (exact) mass is 234 g/mol. The number of hydrogen-bond acceptors (Lipinski definition) is 2. The van der Waals surface area contributed by atoms with E-state index < -0.39 is 0 Å². The van der Waals surface area contributed by atoms with Crippen LogP contribution in [0.1, 0.15) is 37.9 Å². The Hall–Kier alpha value is -0.860. The van der Waals surface area contributed by atoms with Crippen LogP contribution in [0.2, 0.25) is 0 Å². The Morgan fingerprint density at radius 2 is 1.88 bits per heavy atom. The van der Waals surface area contributed by atoms with Gasteiger partial charge in [-0.2, -0.15) is 0 Å². The quantitative estimate of drug-likeness (QED) is 0.848. The Kier molecular flexibility index (Phi) is 5.16. The summed E-state index contributed by atoms with van der Waals surface area (Å²) in [6, 6.07) is 9.11. The molecule has 2 heteroatoms. The molecule has 2 nitrogen and oxygen atoms in total. The summed E-state index contributed by atoms with van der Waals surface area (Å²) in [5.41, 5.74) is 8.77. The van der Waals surface area contributed by atoms with Crippen molar-refractivity contribution in [3.63, 3.8) is 0 Å². The number of aryl methyl sites for hydroxylation is 1. The van der Waals surface area contributed by atoms with E-state index >= 15 is 0 Å². The molecule has 0 aliphatic rings. The standard InChI is InChI=1S/C15H26N2/c1-11(2)10-17(5)15(13(4)16)14-8-6-7-12(3)9-14/h6-9,11,13,15H,10,16H2,1-5H3. The number of benzene rings is 1. The molecule has 0 aliphatic heterocycles. The van der Waals surface area contributed by atoms with Gasteiger partial charge in [-0.25, -0.2) is 0 Å². The third kappa shape index (κ3) is 4.14. The van der Waals surface area contributed by atoms with E-state index in [2.05, 4.69) is 63.9 Å². The zero-order valence-corrected chi connectivity index (χ0v) is 11.8. The van der Waals surface area contributed by atoms with E-state index in [1.807, 2.05) is 0 Å². The topological polar surface area (TPSA) is 29.3 Å². The van der Waals surface area contributed by atoms with Crippen molar-refractivity contribution >= 4 is 0 Å². The molecule has 0 saturated heterocycles. The lowest BCUT2D eigenvalue weighted by molar-refractivity contribution is 0.197. The number of likely N-dealkylation sites (N-methyl/N-ethyl adjacent to an activating group) is 1. The third-order valence-electron chi connectivity index (χ3n) is 3.01. The largest absolute Gasteiger partial charge is 0.326 e. The molecule has 0 amide bonds. The van der Waals surface area contributed by atoms with Crippen LogP contribution in [0, 0.1) is 12.8 Å². The van der Waals surface area contributed by atoms with Gasteiger partial charge in [0.05, 0.1) is 0 Å². The Bertz CT molecular complexity index is 345. The van der Waals surface area contributed by atoms with E-state index in [0.29, 0.717) is 12.0 Å². The lowest BCUT2D eigenvalue weighted by Crippen LogP contribution is -2.39. The summed E-state index contributed by atoms with van der Waals surface area (Å²) < 4.78 is 0. The van der Waals surface area contributed by atoms with Gasteiger partial charge >= 0.3 is 0 Å². The summed E-state index contributed by atoms with van der Waals surface area (Å²) in [4.78, 5) is 2.37. The van der Waals surface area contributed by atoms with Crippen molar-refractivity contribution < 1.29 is 0 Å². The van der Waals surface area contributed by atoms with Crippen molar-refractivity contribution in [3.05, 3.63) is 35.4 Å². The molecule has 0 spiro atoms. The van der Waals surface area contributed by atoms with E-state index in [4.69, 9.17) is 5.73 Å². The number of nitrogens with zero attached hydrogens (tertiary/aromatic N) is 1. The van der Waals surface area contributed by atoms with Crippen LogP contribution in [0.4, 0.5) is 0 Å². The summed E-state index contributed by atoms with van der Waals surface area (Å²) in [6.07, 6.45) is 0. The van der Waals surface area contributed by atoms with Gasteiger partial charge in [0.2, 0.25) is 0 Å². The highest BCUT2D eigenvalue weighted by atomic mass is 15.1. The average Bonchev–Trinajstić information content (AvgIpc) is 2.15. The molecule has 0 bridgehead atoms. The van der Waals surface area contributed by atoms with Crippen molar-refractivity contribution in [2.75, 3.05) is 13.6 Å². The van der Waals surface area contributed by atoms with E-state index in [1.54, 1.807) is 0 Å². The Labute approximate surface area is 106 Å². The predicted octanol–water partition coefficient (Wildman–Crippen LogP) is 2.97. The van der Waals surface area contributed by atoms with Crippen molar-refractivity contribution in [2.24, 2.45) is 11.7 Å². The lowest BCUT2D eigenvalue weighted by atomic mass is 9.97. The maximum Gasteiger partial charge on any atom is 0.0493 e. The van der Waals surface area contributed by atoms with Crippen LogP contribution in [0.25, 0.3) is 0 Å². The Balaban J connectivity index is 2.93. The zero-order valence-electron chi connectivity index (χ0n) is 11.8. The fourth-order valence-electron chi connectivity index (χ4n) is 2.50. The van der Waals surface area contributed by atoms with Crippen molar-refractivity contribution in [1.82, 2.24) is 4.90 Å². The Morgan fingerprint density at radius 1 is 1.24 bits per heavy atom. The van der Waals surface area contributed by atoms with Gasteiger partial charge in [0, 0.05) is 18.6 Å². The second-order valence-electron chi connectivity index (χ2n) is 5.55. The van der Waals surface area contributed by atoms with Crippen LogP contribution in [-0.2, 0) is 0 Å². The molecule has 0 heterocycles. The van der Waals surface area contributed by atoms with Gasteiger partial charge in [0.1, 0.15) is 0 Å². The minimum absolute atomic E-state index is 0.139. The molecule has 0 aromatic heterocycles. The summed E-state index contributed by atoms with van der Waals surface area (Å²) >= 11 is 0. The summed E-state index contributed by atoms with van der Waals surface area (Å²) in [5, 5.41) is 0. The summed E-state index contributed by atoms with van der Waals surface area (Å²) in [7, 11) is 2.16. The normalized spacial score (nSPS) is 15.3. The van der Waals surface area contributed by atoms with Crippen molar-refractivity contribution in [3.8, 4) is 0 Å². The number of rotatable bonds is 5. The molecule has 2 atom stereocenters. The molecule has 1 aromatic carbocycles. The van der Waals surface area contributed by atoms with Gasteiger partial charge in [-0.1, -0.05) is 43.7 Å². The SMILES string of the molecule is Cc1cccc(C(C(C)N)N(C)CC(C)C)c1. The molecule has 1 aromatic rings. The molecule has 96 valence electrons.